The van der Waals surface area contributed by atoms with Gasteiger partial charge >= 0.3 is 6.18 Å². The lowest BCUT2D eigenvalue weighted by atomic mass is 10.2. The molecule has 0 spiro atoms. The summed E-state index contributed by atoms with van der Waals surface area (Å²) in [4.78, 5) is 9.24. The molecule has 0 unspecified atom stereocenters. The molecule has 0 amide bonds. The van der Waals surface area contributed by atoms with Gasteiger partial charge in [0.1, 0.15) is 5.82 Å². The van der Waals surface area contributed by atoms with Crippen LogP contribution in [0.3, 0.4) is 0 Å². The molecule has 0 aliphatic heterocycles. The van der Waals surface area contributed by atoms with Crippen molar-refractivity contribution >= 4 is 23.2 Å². The molecule has 1 aromatic carbocycles. The zero-order valence-corrected chi connectivity index (χ0v) is 13.6. The molecule has 9 heteroatoms. The highest BCUT2D eigenvalue weighted by Crippen LogP contribution is 2.28. The zero-order chi connectivity index (χ0) is 17.5. The van der Waals surface area contributed by atoms with Crippen LogP contribution in [0.1, 0.15) is 17.1 Å². The summed E-state index contributed by atoms with van der Waals surface area (Å²) in [5, 5.41) is 4.14. The van der Waals surface area contributed by atoms with Gasteiger partial charge < -0.3 is 4.90 Å². The highest BCUT2D eigenvalue weighted by molar-refractivity contribution is 6.31. The molecule has 3 rings (SSSR count). The van der Waals surface area contributed by atoms with Crippen LogP contribution in [0.15, 0.2) is 30.3 Å². The summed E-state index contributed by atoms with van der Waals surface area (Å²) in [6.45, 7) is 2.09. The van der Waals surface area contributed by atoms with Gasteiger partial charge in [-0.05, 0) is 18.6 Å². The summed E-state index contributed by atoms with van der Waals surface area (Å²) in [5.74, 6) is -0.864. The van der Waals surface area contributed by atoms with Crippen LogP contribution in [0.25, 0.3) is 5.78 Å². The number of benzene rings is 1. The van der Waals surface area contributed by atoms with Gasteiger partial charge in [-0.25, -0.2) is 4.98 Å². The van der Waals surface area contributed by atoms with Crippen LogP contribution in [0, 0.1) is 6.92 Å². The Labute approximate surface area is 140 Å². The predicted octanol–water partition coefficient (Wildman–Crippen LogP) is 3.74. The SMILES string of the molecule is Cc1cc(N(C)Cc2ccccc2Cl)n2nc(C(F)(F)F)nc2n1. The molecule has 2 aromatic heterocycles. The minimum Gasteiger partial charge on any atom is -0.355 e. The Balaban J connectivity index is 2.04. The molecule has 0 aliphatic rings. The maximum Gasteiger partial charge on any atom is 0.453 e. The van der Waals surface area contributed by atoms with E-state index in [9.17, 15) is 13.2 Å². The number of aromatic nitrogens is 4. The van der Waals surface area contributed by atoms with Crippen molar-refractivity contribution < 1.29 is 13.2 Å². The second-order valence-corrected chi connectivity index (χ2v) is 5.76. The van der Waals surface area contributed by atoms with Crippen LogP contribution in [0.2, 0.25) is 5.02 Å². The Bertz CT molecular complexity index is 890. The van der Waals surface area contributed by atoms with Crippen molar-refractivity contribution in [3.63, 3.8) is 0 Å². The van der Waals surface area contributed by atoms with Gasteiger partial charge in [0.05, 0.1) is 0 Å². The fraction of sp³-hybridized carbons (Fsp3) is 0.267. The predicted molar refractivity (Wildman–Crippen MR) is 84.1 cm³/mol. The quantitative estimate of drug-likeness (QED) is 0.718. The van der Waals surface area contributed by atoms with E-state index in [0.717, 1.165) is 10.1 Å². The van der Waals surface area contributed by atoms with Crippen LogP contribution < -0.4 is 4.90 Å². The first-order valence-electron chi connectivity index (χ1n) is 7.02. The number of nitrogens with zero attached hydrogens (tertiary/aromatic N) is 5. The van der Waals surface area contributed by atoms with Gasteiger partial charge in [0.2, 0.25) is 0 Å². The van der Waals surface area contributed by atoms with Crippen molar-refractivity contribution in [2.45, 2.75) is 19.6 Å². The first-order chi connectivity index (χ1) is 11.3. The number of alkyl halides is 3. The Morgan fingerprint density at radius 2 is 1.92 bits per heavy atom. The molecule has 0 aliphatic carbocycles. The molecule has 0 radical (unpaired) electrons. The van der Waals surface area contributed by atoms with Crippen molar-refractivity contribution in [2.24, 2.45) is 0 Å². The molecule has 0 N–H and O–H groups in total. The molecular formula is C15H13ClF3N5. The van der Waals surface area contributed by atoms with Crippen molar-refractivity contribution in [2.75, 3.05) is 11.9 Å². The zero-order valence-electron chi connectivity index (χ0n) is 12.8. The molecule has 0 fully saturated rings. The highest BCUT2D eigenvalue weighted by Gasteiger charge is 2.37. The van der Waals surface area contributed by atoms with E-state index in [1.54, 1.807) is 31.0 Å². The summed E-state index contributed by atoms with van der Waals surface area (Å²) >= 11 is 6.15. The molecule has 3 aromatic rings. The lowest BCUT2D eigenvalue weighted by Gasteiger charge is -2.20. The van der Waals surface area contributed by atoms with E-state index >= 15 is 0 Å². The summed E-state index contributed by atoms with van der Waals surface area (Å²) in [6, 6.07) is 8.92. The fourth-order valence-corrected chi connectivity index (χ4v) is 2.52. The average Bonchev–Trinajstić information content (AvgIpc) is 2.92. The second-order valence-electron chi connectivity index (χ2n) is 5.35. The third kappa shape index (κ3) is 3.14. The van der Waals surface area contributed by atoms with Crippen molar-refractivity contribution in [3.05, 3.63) is 52.4 Å². The van der Waals surface area contributed by atoms with Gasteiger partial charge in [0.15, 0.2) is 0 Å². The average molecular weight is 356 g/mol. The van der Waals surface area contributed by atoms with Gasteiger partial charge in [-0.2, -0.15) is 22.7 Å². The summed E-state index contributed by atoms with van der Waals surface area (Å²) in [7, 11) is 1.74. The number of rotatable bonds is 3. The summed E-state index contributed by atoms with van der Waals surface area (Å²) < 4.78 is 39.7. The Morgan fingerprint density at radius 3 is 2.58 bits per heavy atom. The first kappa shape index (κ1) is 16.5. The molecule has 0 saturated heterocycles. The number of hydrogen-bond acceptors (Lipinski definition) is 4. The van der Waals surface area contributed by atoms with Gasteiger partial charge in [0.25, 0.3) is 11.6 Å². The van der Waals surface area contributed by atoms with Crippen LogP contribution in [-0.2, 0) is 12.7 Å². The maximum atomic E-state index is 12.9. The van der Waals surface area contributed by atoms with Crippen molar-refractivity contribution in [3.8, 4) is 0 Å². The fourth-order valence-electron chi connectivity index (χ4n) is 2.32. The molecule has 0 saturated carbocycles. The van der Waals surface area contributed by atoms with Gasteiger partial charge in [-0.3, -0.25) is 0 Å². The van der Waals surface area contributed by atoms with E-state index in [2.05, 4.69) is 15.1 Å². The van der Waals surface area contributed by atoms with Gasteiger partial charge in [0, 0.05) is 30.4 Å². The molecule has 2 heterocycles. The Morgan fingerprint density at radius 1 is 1.21 bits per heavy atom. The smallest absolute Gasteiger partial charge is 0.355 e. The van der Waals surface area contributed by atoms with Crippen LogP contribution in [-0.4, -0.2) is 26.6 Å². The summed E-state index contributed by atoms with van der Waals surface area (Å²) in [6.07, 6.45) is -4.62. The highest BCUT2D eigenvalue weighted by atomic mass is 35.5. The van der Waals surface area contributed by atoms with Crippen molar-refractivity contribution in [1.29, 1.82) is 0 Å². The van der Waals surface area contributed by atoms with Gasteiger partial charge in [-0.1, -0.05) is 29.8 Å². The molecule has 5 nitrogen and oxygen atoms in total. The molecule has 0 bridgehead atoms. The molecule has 0 atom stereocenters. The minimum atomic E-state index is -4.62. The standard InChI is InChI=1S/C15H13ClF3N5/c1-9-7-12(23(2)8-10-5-3-4-6-11(10)16)24-14(20-9)21-13(22-24)15(17,18)19/h3-7H,8H2,1-2H3. The van der Waals surface area contributed by atoms with E-state index in [0.29, 0.717) is 23.1 Å². The number of anilines is 1. The number of hydrogen-bond donors (Lipinski definition) is 0. The monoisotopic (exact) mass is 355 g/mol. The maximum absolute atomic E-state index is 12.9. The minimum absolute atomic E-state index is 0.0941. The van der Waals surface area contributed by atoms with E-state index in [-0.39, 0.29) is 5.78 Å². The van der Waals surface area contributed by atoms with Crippen LogP contribution in [0.5, 0.6) is 0 Å². The molecular weight excluding hydrogens is 343 g/mol. The first-order valence-corrected chi connectivity index (χ1v) is 7.39. The molecule has 126 valence electrons. The van der Waals surface area contributed by atoms with E-state index in [4.69, 9.17) is 11.6 Å². The third-order valence-corrected chi connectivity index (χ3v) is 3.80. The van der Waals surface area contributed by atoms with Crippen LogP contribution in [0.4, 0.5) is 19.0 Å². The Hall–Kier alpha value is -2.35. The van der Waals surface area contributed by atoms with Gasteiger partial charge in [-0.15, -0.1) is 5.10 Å². The Kier molecular flexibility index (Phi) is 4.08. The van der Waals surface area contributed by atoms with Crippen molar-refractivity contribution in [1.82, 2.24) is 19.6 Å². The third-order valence-electron chi connectivity index (χ3n) is 3.43. The van der Waals surface area contributed by atoms with E-state index < -0.39 is 12.0 Å². The molecule has 24 heavy (non-hydrogen) atoms. The number of aryl methyl sites for hydroxylation is 1. The van der Waals surface area contributed by atoms with Crippen LogP contribution >= 0.6 is 11.6 Å². The lowest BCUT2D eigenvalue weighted by molar-refractivity contribution is -0.144. The van der Waals surface area contributed by atoms with E-state index in [1.807, 2.05) is 18.2 Å². The lowest BCUT2D eigenvalue weighted by Crippen LogP contribution is -2.20. The second kappa shape index (κ2) is 5.94. The number of fused-ring (bicyclic) bond motifs is 1. The number of halogens is 4. The largest absolute Gasteiger partial charge is 0.453 e. The van der Waals surface area contributed by atoms with E-state index in [1.165, 1.54) is 0 Å². The normalized spacial score (nSPS) is 11.9. The topological polar surface area (TPSA) is 46.3 Å². The summed E-state index contributed by atoms with van der Waals surface area (Å²) in [5.41, 5.74) is 1.39.